The number of guanidine groups is 1. The van der Waals surface area contributed by atoms with Gasteiger partial charge in [-0.05, 0) is 18.6 Å². The summed E-state index contributed by atoms with van der Waals surface area (Å²) in [6.45, 7) is 5.89. The third-order valence-corrected chi connectivity index (χ3v) is 3.77. The zero-order valence-corrected chi connectivity index (χ0v) is 13.1. The number of nitrogens with zero attached hydrogens (tertiary/aromatic N) is 4. The summed E-state index contributed by atoms with van der Waals surface area (Å²) in [6, 6.07) is 4.16. The van der Waals surface area contributed by atoms with E-state index in [-0.39, 0.29) is 0 Å². The van der Waals surface area contributed by atoms with Crippen LogP contribution in [-0.4, -0.2) is 39.9 Å². The van der Waals surface area contributed by atoms with E-state index in [1.165, 1.54) is 0 Å². The van der Waals surface area contributed by atoms with Gasteiger partial charge < -0.3 is 15.1 Å². The molecule has 0 fully saturated rings. The van der Waals surface area contributed by atoms with Crippen molar-refractivity contribution in [2.24, 2.45) is 4.99 Å². The maximum atomic E-state index is 5.33. The highest BCUT2D eigenvalue weighted by atomic mass is 16.3. The molecule has 0 spiro atoms. The van der Waals surface area contributed by atoms with Crippen LogP contribution < -0.4 is 10.6 Å². The van der Waals surface area contributed by atoms with Gasteiger partial charge in [0, 0.05) is 32.0 Å². The number of hydrogen-bond donors (Lipinski definition) is 2. The van der Waals surface area contributed by atoms with E-state index in [4.69, 9.17) is 4.42 Å². The first-order valence-electron chi connectivity index (χ1n) is 7.90. The molecule has 1 unspecified atom stereocenters. The maximum Gasteiger partial charge on any atom is 0.191 e. The van der Waals surface area contributed by atoms with Gasteiger partial charge >= 0.3 is 0 Å². The molecule has 23 heavy (non-hydrogen) atoms. The first kappa shape index (κ1) is 15.3. The van der Waals surface area contributed by atoms with Crippen molar-refractivity contribution in [1.29, 1.82) is 0 Å². The summed E-state index contributed by atoms with van der Waals surface area (Å²) in [5, 5.41) is 11.0. The molecule has 0 amide bonds. The molecular weight excluding hydrogens is 292 g/mol. The predicted octanol–water partition coefficient (Wildman–Crippen LogP) is 1.15. The molecule has 2 N–H and O–H groups in total. The Morgan fingerprint density at radius 3 is 3.35 bits per heavy atom. The minimum atomic E-state index is 0.295. The Morgan fingerprint density at radius 2 is 2.52 bits per heavy atom. The average Bonchev–Trinajstić information content (AvgIpc) is 3.23. The van der Waals surface area contributed by atoms with E-state index in [2.05, 4.69) is 32.3 Å². The summed E-state index contributed by atoms with van der Waals surface area (Å²) >= 11 is 0. The van der Waals surface area contributed by atoms with E-state index in [0.717, 1.165) is 43.4 Å². The Morgan fingerprint density at radius 1 is 1.57 bits per heavy atom. The van der Waals surface area contributed by atoms with Crippen molar-refractivity contribution in [2.75, 3.05) is 13.1 Å². The van der Waals surface area contributed by atoms with Crippen molar-refractivity contribution >= 4 is 5.96 Å². The molecule has 2 aromatic heterocycles. The fraction of sp³-hybridized carbons (Fsp3) is 0.438. The summed E-state index contributed by atoms with van der Waals surface area (Å²) in [7, 11) is 0. The summed E-state index contributed by atoms with van der Waals surface area (Å²) < 4.78 is 7.29. The first-order valence-corrected chi connectivity index (χ1v) is 7.90. The van der Waals surface area contributed by atoms with Crippen LogP contribution in [0.2, 0.25) is 0 Å². The number of aromatic nitrogens is 3. The second-order valence-electron chi connectivity index (χ2n) is 5.47. The zero-order valence-electron chi connectivity index (χ0n) is 13.1. The molecule has 0 saturated heterocycles. The predicted molar refractivity (Wildman–Crippen MR) is 88.2 cm³/mol. The van der Waals surface area contributed by atoms with Crippen LogP contribution in [0.5, 0.6) is 0 Å². The number of furan rings is 1. The summed E-state index contributed by atoms with van der Waals surface area (Å²) in [5.74, 6) is 2.80. The molecule has 122 valence electrons. The van der Waals surface area contributed by atoms with Crippen LogP contribution in [0.25, 0.3) is 0 Å². The van der Waals surface area contributed by atoms with E-state index in [1.54, 1.807) is 12.6 Å². The van der Waals surface area contributed by atoms with E-state index >= 15 is 0 Å². The lowest BCUT2D eigenvalue weighted by Crippen LogP contribution is -2.47. The van der Waals surface area contributed by atoms with Crippen LogP contribution in [0.1, 0.15) is 18.0 Å². The molecule has 0 aliphatic carbocycles. The van der Waals surface area contributed by atoms with Crippen LogP contribution in [0.4, 0.5) is 0 Å². The monoisotopic (exact) mass is 314 g/mol. The van der Waals surface area contributed by atoms with Gasteiger partial charge in [-0.3, -0.25) is 4.99 Å². The third kappa shape index (κ3) is 4.21. The molecule has 7 nitrogen and oxygen atoms in total. The largest absolute Gasteiger partial charge is 0.469 e. The minimum absolute atomic E-state index is 0.295. The number of rotatable bonds is 6. The molecule has 1 aliphatic heterocycles. The lowest BCUT2D eigenvalue weighted by molar-refractivity contribution is 0.393. The second-order valence-corrected chi connectivity index (χ2v) is 5.47. The maximum absolute atomic E-state index is 5.33. The lowest BCUT2D eigenvalue weighted by Gasteiger charge is -2.25. The average molecular weight is 314 g/mol. The molecule has 0 aromatic carbocycles. The van der Waals surface area contributed by atoms with Gasteiger partial charge in [-0.25, -0.2) is 9.67 Å². The fourth-order valence-electron chi connectivity index (χ4n) is 2.60. The molecule has 3 heterocycles. The standard InChI is InChI=1S/C16H22N6O/c1-2-8-17-16(18-9-7-14-4-3-10-23-14)21-13-5-6-15-19-12-20-22(15)11-13/h2-4,10,12-13H,1,5-9,11H2,(H2,17,18,21). The van der Waals surface area contributed by atoms with Gasteiger partial charge in [0.2, 0.25) is 0 Å². The molecular formula is C16H22N6O. The van der Waals surface area contributed by atoms with Gasteiger partial charge in [0.25, 0.3) is 0 Å². The van der Waals surface area contributed by atoms with E-state index < -0.39 is 0 Å². The Labute approximate surface area is 135 Å². The first-order chi connectivity index (χ1) is 11.3. The molecule has 3 rings (SSSR count). The van der Waals surface area contributed by atoms with Crippen molar-refractivity contribution < 1.29 is 4.42 Å². The van der Waals surface area contributed by atoms with Crippen LogP contribution >= 0.6 is 0 Å². The van der Waals surface area contributed by atoms with E-state index in [0.29, 0.717) is 19.1 Å². The van der Waals surface area contributed by atoms with E-state index in [1.807, 2.05) is 22.9 Å². The molecule has 0 saturated carbocycles. The number of fused-ring (bicyclic) bond motifs is 1. The lowest BCUT2D eigenvalue weighted by atomic mass is 10.1. The van der Waals surface area contributed by atoms with Gasteiger partial charge in [-0.15, -0.1) is 6.58 Å². The number of aryl methyl sites for hydroxylation is 1. The van der Waals surface area contributed by atoms with Crippen LogP contribution in [0, 0.1) is 0 Å². The third-order valence-electron chi connectivity index (χ3n) is 3.77. The molecule has 1 atom stereocenters. The van der Waals surface area contributed by atoms with E-state index in [9.17, 15) is 0 Å². The molecule has 7 heteroatoms. The highest BCUT2D eigenvalue weighted by Crippen LogP contribution is 2.11. The van der Waals surface area contributed by atoms with Gasteiger partial charge in [-0.1, -0.05) is 6.08 Å². The van der Waals surface area contributed by atoms with Gasteiger partial charge in [0.05, 0.1) is 12.8 Å². The fourth-order valence-corrected chi connectivity index (χ4v) is 2.60. The van der Waals surface area contributed by atoms with Crippen LogP contribution in [0.3, 0.4) is 0 Å². The molecule has 0 radical (unpaired) electrons. The minimum Gasteiger partial charge on any atom is -0.469 e. The van der Waals surface area contributed by atoms with Gasteiger partial charge in [0.15, 0.2) is 5.96 Å². The smallest absolute Gasteiger partial charge is 0.191 e. The second kappa shape index (κ2) is 7.62. The highest BCUT2D eigenvalue weighted by Gasteiger charge is 2.20. The molecule has 1 aliphatic rings. The molecule has 2 aromatic rings. The van der Waals surface area contributed by atoms with Crippen molar-refractivity contribution in [3.63, 3.8) is 0 Å². The molecule has 0 bridgehead atoms. The number of aliphatic imine (C=N–C) groups is 1. The zero-order chi connectivity index (χ0) is 15.9. The number of nitrogens with one attached hydrogen (secondary N) is 2. The normalized spacial score (nSPS) is 17.6. The topological polar surface area (TPSA) is 80.3 Å². The Kier molecular flexibility index (Phi) is 5.08. The summed E-state index contributed by atoms with van der Waals surface area (Å²) in [4.78, 5) is 8.87. The van der Waals surface area contributed by atoms with Crippen LogP contribution in [-0.2, 0) is 19.4 Å². The van der Waals surface area contributed by atoms with Crippen molar-refractivity contribution in [3.05, 3.63) is 49.0 Å². The summed E-state index contributed by atoms with van der Waals surface area (Å²) in [6.07, 6.45) is 7.86. The Balaban J connectivity index is 1.56. The number of hydrogen-bond acceptors (Lipinski definition) is 4. The quantitative estimate of drug-likeness (QED) is 0.475. The Bertz CT molecular complexity index is 645. The van der Waals surface area contributed by atoms with Gasteiger partial charge in [-0.2, -0.15) is 5.10 Å². The Hall–Kier alpha value is -2.57. The van der Waals surface area contributed by atoms with Crippen molar-refractivity contribution in [3.8, 4) is 0 Å². The highest BCUT2D eigenvalue weighted by molar-refractivity contribution is 5.80. The van der Waals surface area contributed by atoms with Crippen molar-refractivity contribution in [1.82, 2.24) is 25.4 Å². The van der Waals surface area contributed by atoms with Gasteiger partial charge in [0.1, 0.15) is 17.9 Å². The van der Waals surface area contributed by atoms with Crippen LogP contribution in [0.15, 0.2) is 46.8 Å². The van der Waals surface area contributed by atoms with Crippen molar-refractivity contribution in [2.45, 2.75) is 31.8 Å². The SMILES string of the molecule is C=CCNC(=NCCc1ccco1)NC1CCc2ncnn2C1. The summed E-state index contributed by atoms with van der Waals surface area (Å²) in [5.41, 5.74) is 0.